The van der Waals surface area contributed by atoms with Gasteiger partial charge in [-0.15, -0.1) is 0 Å². The predicted octanol–water partition coefficient (Wildman–Crippen LogP) is 1.89. The summed E-state index contributed by atoms with van der Waals surface area (Å²) in [5.74, 6) is 1.04. The number of amides is 1. The van der Waals surface area contributed by atoms with Crippen molar-refractivity contribution in [1.82, 2.24) is 10.6 Å². The van der Waals surface area contributed by atoms with E-state index in [-0.39, 0.29) is 0 Å². The third-order valence-electron chi connectivity index (χ3n) is 2.99. The summed E-state index contributed by atoms with van der Waals surface area (Å²) in [5, 5.41) is 6.52. The Hall–Kier alpha value is -2.04. The maximum absolute atomic E-state index is 11.2. The number of rotatable bonds is 7. The van der Waals surface area contributed by atoms with Gasteiger partial charge in [0.25, 0.3) is 0 Å². The SMILES string of the molecule is CCNC(=NCc1cccc(C(N)=O)c1)NCCC(C)C. The summed E-state index contributed by atoms with van der Waals surface area (Å²) < 4.78 is 0. The van der Waals surface area contributed by atoms with Gasteiger partial charge in [0, 0.05) is 18.7 Å². The van der Waals surface area contributed by atoms with Crippen molar-refractivity contribution >= 4 is 11.9 Å². The second kappa shape index (κ2) is 9.00. The number of nitrogens with zero attached hydrogens (tertiary/aromatic N) is 1. The largest absolute Gasteiger partial charge is 0.366 e. The van der Waals surface area contributed by atoms with Crippen LogP contribution in [0.15, 0.2) is 29.3 Å². The van der Waals surface area contributed by atoms with Gasteiger partial charge < -0.3 is 16.4 Å². The van der Waals surface area contributed by atoms with E-state index < -0.39 is 5.91 Å². The standard InChI is InChI=1S/C16H26N4O/c1-4-18-16(19-9-8-12(2)3)20-11-13-6-5-7-14(10-13)15(17)21/h5-7,10,12H,4,8-9,11H2,1-3H3,(H2,17,21)(H2,18,19,20). The Bertz CT molecular complexity index is 483. The van der Waals surface area contributed by atoms with Crippen LogP contribution in [0, 0.1) is 5.92 Å². The van der Waals surface area contributed by atoms with Crippen LogP contribution in [0.4, 0.5) is 0 Å². The van der Waals surface area contributed by atoms with Gasteiger partial charge in [-0.05, 0) is 37.0 Å². The lowest BCUT2D eigenvalue weighted by molar-refractivity contribution is 0.1000. The van der Waals surface area contributed by atoms with Gasteiger partial charge in [-0.25, -0.2) is 4.99 Å². The molecule has 0 atom stereocenters. The number of hydrogen-bond acceptors (Lipinski definition) is 2. The Labute approximate surface area is 127 Å². The lowest BCUT2D eigenvalue weighted by atomic mass is 10.1. The summed E-state index contributed by atoms with van der Waals surface area (Å²) in [6.45, 7) is 8.65. The fourth-order valence-electron chi connectivity index (χ4n) is 1.81. The van der Waals surface area contributed by atoms with Gasteiger partial charge in [-0.2, -0.15) is 0 Å². The molecular weight excluding hydrogens is 264 g/mol. The molecule has 116 valence electrons. The second-order valence-corrected chi connectivity index (χ2v) is 5.37. The van der Waals surface area contributed by atoms with E-state index >= 15 is 0 Å². The van der Waals surface area contributed by atoms with Crippen molar-refractivity contribution in [2.75, 3.05) is 13.1 Å². The lowest BCUT2D eigenvalue weighted by Crippen LogP contribution is -2.38. The van der Waals surface area contributed by atoms with Crippen LogP contribution in [0.25, 0.3) is 0 Å². The van der Waals surface area contributed by atoms with E-state index in [1.54, 1.807) is 12.1 Å². The highest BCUT2D eigenvalue weighted by Crippen LogP contribution is 2.06. The van der Waals surface area contributed by atoms with Crippen molar-refractivity contribution in [3.8, 4) is 0 Å². The third-order valence-corrected chi connectivity index (χ3v) is 2.99. The minimum atomic E-state index is -0.414. The van der Waals surface area contributed by atoms with Crippen LogP contribution in [0.1, 0.15) is 43.1 Å². The number of benzene rings is 1. The van der Waals surface area contributed by atoms with Gasteiger partial charge in [0.15, 0.2) is 5.96 Å². The van der Waals surface area contributed by atoms with Crippen molar-refractivity contribution in [1.29, 1.82) is 0 Å². The summed E-state index contributed by atoms with van der Waals surface area (Å²) in [6, 6.07) is 7.25. The third kappa shape index (κ3) is 6.79. The molecule has 1 amide bonds. The molecule has 1 rings (SSSR count). The number of hydrogen-bond donors (Lipinski definition) is 3. The van der Waals surface area contributed by atoms with Crippen LogP contribution in [-0.4, -0.2) is 25.0 Å². The molecule has 0 spiro atoms. The zero-order valence-corrected chi connectivity index (χ0v) is 13.1. The first-order valence-electron chi connectivity index (χ1n) is 7.43. The van der Waals surface area contributed by atoms with Crippen molar-refractivity contribution in [2.45, 2.75) is 33.7 Å². The molecule has 0 fully saturated rings. The van der Waals surface area contributed by atoms with Gasteiger partial charge in [0.1, 0.15) is 0 Å². The van der Waals surface area contributed by atoms with Crippen molar-refractivity contribution in [2.24, 2.45) is 16.6 Å². The Morgan fingerprint density at radius 1 is 1.33 bits per heavy atom. The Kier molecular flexibility index (Phi) is 7.29. The van der Waals surface area contributed by atoms with Crippen LogP contribution in [-0.2, 0) is 6.54 Å². The highest BCUT2D eigenvalue weighted by atomic mass is 16.1. The minimum absolute atomic E-state index is 0.414. The molecule has 0 bridgehead atoms. The normalized spacial score (nSPS) is 11.5. The van der Waals surface area contributed by atoms with E-state index in [2.05, 4.69) is 29.5 Å². The highest BCUT2D eigenvalue weighted by Gasteiger charge is 2.02. The van der Waals surface area contributed by atoms with Crippen LogP contribution < -0.4 is 16.4 Å². The van der Waals surface area contributed by atoms with Gasteiger partial charge in [0.2, 0.25) is 5.91 Å². The number of nitrogens with two attached hydrogens (primary N) is 1. The number of primary amides is 1. The molecule has 5 nitrogen and oxygen atoms in total. The number of nitrogens with one attached hydrogen (secondary N) is 2. The van der Waals surface area contributed by atoms with Crippen molar-refractivity contribution in [3.63, 3.8) is 0 Å². The zero-order valence-electron chi connectivity index (χ0n) is 13.1. The molecule has 1 aromatic carbocycles. The average molecular weight is 290 g/mol. The van der Waals surface area contributed by atoms with Crippen molar-refractivity contribution in [3.05, 3.63) is 35.4 Å². The number of guanidine groups is 1. The smallest absolute Gasteiger partial charge is 0.248 e. The first kappa shape index (κ1) is 17.0. The Balaban J connectivity index is 2.64. The molecule has 0 aromatic heterocycles. The number of carbonyl (C=O) groups is 1. The monoisotopic (exact) mass is 290 g/mol. The molecule has 0 saturated heterocycles. The van der Waals surface area contributed by atoms with Crippen LogP contribution in [0.3, 0.4) is 0 Å². The molecule has 0 saturated carbocycles. The fraction of sp³-hybridized carbons (Fsp3) is 0.500. The average Bonchev–Trinajstić information content (AvgIpc) is 2.44. The summed E-state index contributed by atoms with van der Waals surface area (Å²) in [5.41, 5.74) is 6.76. The summed E-state index contributed by atoms with van der Waals surface area (Å²) in [7, 11) is 0. The Morgan fingerprint density at radius 3 is 2.71 bits per heavy atom. The molecule has 4 N–H and O–H groups in total. The van der Waals surface area contributed by atoms with Crippen LogP contribution in [0.2, 0.25) is 0 Å². The number of aliphatic imine (C=N–C) groups is 1. The van der Waals surface area contributed by atoms with Crippen LogP contribution >= 0.6 is 0 Å². The van der Waals surface area contributed by atoms with Crippen LogP contribution in [0.5, 0.6) is 0 Å². The van der Waals surface area contributed by atoms with Crippen molar-refractivity contribution < 1.29 is 4.79 Å². The molecule has 0 unspecified atom stereocenters. The maximum Gasteiger partial charge on any atom is 0.248 e. The second-order valence-electron chi connectivity index (χ2n) is 5.37. The van der Waals surface area contributed by atoms with E-state index in [0.29, 0.717) is 18.0 Å². The van der Waals surface area contributed by atoms with E-state index in [4.69, 9.17) is 5.73 Å². The molecule has 0 aliphatic rings. The minimum Gasteiger partial charge on any atom is -0.366 e. The van der Waals surface area contributed by atoms with Gasteiger partial charge >= 0.3 is 0 Å². The Morgan fingerprint density at radius 2 is 2.10 bits per heavy atom. The van der Waals surface area contributed by atoms with E-state index in [1.807, 2.05) is 19.1 Å². The van der Waals surface area contributed by atoms with Gasteiger partial charge in [-0.1, -0.05) is 26.0 Å². The fourth-order valence-corrected chi connectivity index (χ4v) is 1.81. The van der Waals surface area contributed by atoms with E-state index in [1.165, 1.54) is 0 Å². The molecule has 21 heavy (non-hydrogen) atoms. The molecule has 1 aromatic rings. The summed E-state index contributed by atoms with van der Waals surface area (Å²) in [6.07, 6.45) is 1.10. The summed E-state index contributed by atoms with van der Waals surface area (Å²) in [4.78, 5) is 15.7. The predicted molar refractivity (Wildman–Crippen MR) is 87.2 cm³/mol. The highest BCUT2D eigenvalue weighted by molar-refractivity contribution is 5.92. The first-order valence-corrected chi connectivity index (χ1v) is 7.43. The first-order chi connectivity index (χ1) is 10.0. The van der Waals surface area contributed by atoms with Gasteiger partial charge in [0.05, 0.1) is 6.54 Å². The molecule has 0 heterocycles. The topological polar surface area (TPSA) is 79.5 Å². The van der Waals surface area contributed by atoms with E-state index in [0.717, 1.165) is 31.0 Å². The van der Waals surface area contributed by atoms with Gasteiger partial charge in [-0.3, -0.25) is 4.79 Å². The molecule has 0 aliphatic heterocycles. The quantitative estimate of drug-likeness (QED) is 0.530. The molecule has 0 aliphatic carbocycles. The number of carbonyl (C=O) groups excluding carboxylic acids is 1. The lowest BCUT2D eigenvalue weighted by Gasteiger charge is -2.12. The molecular formula is C16H26N4O. The zero-order chi connectivity index (χ0) is 15.7. The summed E-state index contributed by atoms with van der Waals surface area (Å²) >= 11 is 0. The molecule has 5 heteroatoms. The van der Waals surface area contributed by atoms with E-state index in [9.17, 15) is 4.79 Å². The molecule has 0 radical (unpaired) electrons. The maximum atomic E-state index is 11.2.